The van der Waals surface area contributed by atoms with E-state index in [4.69, 9.17) is 40.3 Å². The van der Waals surface area contributed by atoms with Gasteiger partial charge in [-0.25, -0.2) is 0 Å². The van der Waals surface area contributed by atoms with Crippen molar-refractivity contribution in [2.24, 2.45) is 15.3 Å². The van der Waals surface area contributed by atoms with Crippen LogP contribution in [0.25, 0.3) is 31.3 Å². The lowest BCUT2D eigenvalue weighted by atomic mass is 9.84. The van der Waals surface area contributed by atoms with Crippen LogP contribution in [0.1, 0.15) is 27.2 Å². The van der Waals surface area contributed by atoms with Gasteiger partial charge in [0.15, 0.2) is 6.10 Å². The molecule has 18 nitrogen and oxygen atoms in total. The van der Waals surface area contributed by atoms with Gasteiger partial charge in [-0.05, 0) is 29.1 Å². The quantitative estimate of drug-likeness (QED) is 0.156. The highest BCUT2D eigenvalue weighted by molar-refractivity contribution is 5.67. The zero-order valence-corrected chi connectivity index (χ0v) is 19.3. The molecule has 0 aromatic carbocycles. The minimum Gasteiger partial charge on any atom is -0.466 e. The fourth-order valence-corrected chi connectivity index (χ4v) is 3.85. The van der Waals surface area contributed by atoms with E-state index < -0.39 is 73.3 Å². The van der Waals surface area contributed by atoms with Crippen LogP contribution < -0.4 is 0 Å². The molecular weight excluding hydrogens is 486 g/mol. The van der Waals surface area contributed by atoms with Gasteiger partial charge in [0.05, 0.1) is 12.1 Å². The molecule has 6 unspecified atom stereocenters. The molecule has 0 aromatic rings. The second-order valence-corrected chi connectivity index (χ2v) is 7.58. The monoisotopic (exact) mass is 509 g/mol. The fraction of sp³-hybridized carbons (Fsp3) is 0.722. The molecule has 0 amide bonds. The van der Waals surface area contributed by atoms with Crippen molar-refractivity contribution in [1.29, 1.82) is 0 Å². The van der Waals surface area contributed by atoms with Crippen LogP contribution in [0.4, 0.5) is 0 Å². The van der Waals surface area contributed by atoms with Crippen molar-refractivity contribution in [1.82, 2.24) is 0 Å². The van der Waals surface area contributed by atoms with Gasteiger partial charge in [-0.15, -0.1) is 0 Å². The Bertz CT molecular complexity index is 1030. The molecule has 0 saturated heterocycles. The maximum Gasteiger partial charge on any atom is 0.303 e. The van der Waals surface area contributed by atoms with E-state index in [0.29, 0.717) is 0 Å². The molecule has 8 atom stereocenters. The van der Waals surface area contributed by atoms with Gasteiger partial charge < -0.3 is 28.8 Å². The molecule has 1 saturated carbocycles. The van der Waals surface area contributed by atoms with Gasteiger partial charge in [0.2, 0.25) is 6.29 Å². The second-order valence-electron chi connectivity index (χ2n) is 7.58. The van der Waals surface area contributed by atoms with E-state index >= 15 is 0 Å². The van der Waals surface area contributed by atoms with Crippen molar-refractivity contribution >= 4 is 17.9 Å². The Balaban J connectivity index is 2.57. The van der Waals surface area contributed by atoms with Gasteiger partial charge in [0.25, 0.3) is 0 Å². The summed E-state index contributed by atoms with van der Waals surface area (Å²) in [6.07, 6.45) is -5.96. The summed E-state index contributed by atoms with van der Waals surface area (Å²) in [5, 5.41) is 20.4. The minimum atomic E-state index is -1.55. The third-order valence-corrected chi connectivity index (χ3v) is 5.06. The highest BCUT2D eigenvalue weighted by Crippen LogP contribution is 2.35. The highest BCUT2D eigenvalue weighted by Gasteiger charge is 2.51. The smallest absolute Gasteiger partial charge is 0.303 e. The number of hydrogen-bond acceptors (Lipinski definition) is 12. The first-order valence-corrected chi connectivity index (χ1v) is 10.4. The van der Waals surface area contributed by atoms with E-state index in [2.05, 4.69) is 30.1 Å². The summed E-state index contributed by atoms with van der Waals surface area (Å²) in [4.78, 5) is 43.5. The van der Waals surface area contributed by atoms with E-state index in [-0.39, 0.29) is 12.2 Å². The molecule has 0 spiro atoms. The topological polar surface area (TPSA) is 264 Å². The summed E-state index contributed by atoms with van der Waals surface area (Å²) >= 11 is 0. The van der Waals surface area contributed by atoms with E-state index in [1.54, 1.807) is 0 Å². The number of rotatable bonds is 9. The third kappa shape index (κ3) is 7.15. The van der Waals surface area contributed by atoms with Crippen molar-refractivity contribution in [3.05, 3.63) is 43.2 Å². The van der Waals surface area contributed by atoms with Crippen molar-refractivity contribution < 1.29 is 43.2 Å². The molecule has 2 rings (SSSR count). The number of ether oxygens (including phenoxy) is 5. The average Bonchev–Trinajstić information content (AvgIpc) is 2.79. The minimum absolute atomic E-state index is 0.0979. The lowest BCUT2D eigenvalue weighted by Crippen LogP contribution is -2.60. The summed E-state index contributed by atoms with van der Waals surface area (Å²) in [5.41, 5.74) is 27.1. The van der Waals surface area contributed by atoms with Crippen molar-refractivity contribution in [3.63, 3.8) is 0 Å². The Morgan fingerprint density at radius 3 is 1.94 bits per heavy atom. The largest absolute Gasteiger partial charge is 0.466 e. The predicted octanol–water partition coefficient (Wildman–Crippen LogP) is 1.84. The van der Waals surface area contributed by atoms with Crippen LogP contribution in [0.2, 0.25) is 0 Å². The summed E-state index contributed by atoms with van der Waals surface area (Å²) in [7, 11) is 0. The summed E-state index contributed by atoms with van der Waals surface area (Å²) < 4.78 is 27.3. The molecule has 1 fully saturated rings. The molecule has 18 heteroatoms. The van der Waals surface area contributed by atoms with Crippen LogP contribution in [0, 0.1) is 0 Å². The number of hydrogen-bond donors (Lipinski definition) is 1. The molecule has 2 aliphatic rings. The van der Waals surface area contributed by atoms with Crippen LogP contribution in [0.3, 0.4) is 0 Å². The zero-order chi connectivity index (χ0) is 26.8. The van der Waals surface area contributed by atoms with Gasteiger partial charge in [-0.3, -0.25) is 14.4 Å². The third-order valence-electron chi connectivity index (χ3n) is 5.06. The van der Waals surface area contributed by atoms with Crippen LogP contribution >= 0.6 is 0 Å². The number of azide groups is 3. The lowest BCUT2D eigenvalue weighted by Gasteiger charge is -2.45. The first kappa shape index (κ1) is 28.0. The molecule has 1 aliphatic heterocycles. The second kappa shape index (κ2) is 13.0. The molecule has 36 heavy (non-hydrogen) atoms. The molecule has 1 aliphatic carbocycles. The van der Waals surface area contributed by atoms with E-state index in [0.717, 1.165) is 20.8 Å². The maximum absolute atomic E-state index is 11.9. The number of aliphatic hydroxyl groups excluding tert-OH is 1. The number of carbonyl (C=O) groups excluding carboxylic acids is 3. The molecule has 1 N–H and O–H groups in total. The Morgan fingerprint density at radius 2 is 1.44 bits per heavy atom. The number of esters is 3. The lowest BCUT2D eigenvalue weighted by molar-refractivity contribution is -0.237. The Morgan fingerprint density at radius 1 is 0.917 bits per heavy atom. The van der Waals surface area contributed by atoms with Gasteiger partial charge in [0.1, 0.15) is 36.7 Å². The molecule has 0 radical (unpaired) electrons. The molecular formula is C18H23N9O9. The van der Waals surface area contributed by atoms with Crippen LogP contribution in [-0.4, -0.2) is 78.5 Å². The first-order chi connectivity index (χ1) is 17.1. The van der Waals surface area contributed by atoms with E-state index in [1.165, 1.54) is 6.08 Å². The predicted molar refractivity (Wildman–Crippen MR) is 115 cm³/mol. The number of carbonyl (C=O) groups is 3. The Hall–Kier alpha value is -4.20. The summed E-state index contributed by atoms with van der Waals surface area (Å²) in [6, 6.07) is -3.60. The van der Waals surface area contributed by atoms with Crippen molar-refractivity contribution in [3.8, 4) is 0 Å². The molecule has 194 valence electrons. The normalized spacial score (nSPS) is 31.1. The van der Waals surface area contributed by atoms with Crippen LogP contribution in [0.5, 0.6) is 0 Å². The Kier molecular flexibility index (Phi) is 10.2. The van der Waals surface area contributed by atoms with Crippen molar-refractivity contribution in [2.45, 2.75) is 76.0 Å². The maximum atomic E-state index is 11.9. The highest BCUT2D eigenvalue weighted by atomic mass is 16.7. The van der Waals surface area contributed by atoms with Crippen LogP contribution in [-0.2, 0) is 38.1 Å². The van der Waals surface area contributed by atoms with Gasteiger partial charge in [0, 0.05) is 35.5 Å². The van der Waals surface area contributed by atoms with Crippen LogP contribution in [0.15, 0.2) is 27.2 Å². The SMILES string of the molecule is CC(=O)OC1C=C(CO)O[C@H](O[C@@H]2C(N=[N+]=[N-])CC(N=[N+]=[N-])C(OC(C)=O)C2OC(C)=O)C1N=[N+]=[N-]. The standard InChI is InChI=1S/C18H23N9O9/c1-7(29)32-13-4-10(6-28)35-18(14(13)24-27-21)36-16-12(23-26-20)5-11(22-25-19)15(33-8(2)30)17(16)34-9(3)31/h4,11-18,28H,5-6H2,1-3H3/t11?,12?,13?,14?,15?,16-,17?,18-/m1/s1. The van der Waals surface area contributed by atoms with E-state index in [9.17, 15) is 19.5 Å². The van der Waals surface area contributed by atoms with Gasteiger partial charge >= 0.3 is 17.9 Å². The first-order valence-electron chi connectivity index (χ1n) is 10.4. The molecule has 0 aromatic heterocycles. The van der Waals surface area contributed by atoms with Gasteiger partial charge in [-0.1, -0.05) is 15.3 Å². The zero-order valence-electron chi connectivity index (χ0n) is 19.3. The fourth-order valence-electron chi connectivity index (χ4n) is 3.85. The van der Waals surface area contributed by atoms with Gasteiger partial charge in [-0.2, -0.15) is 0 Å². The van der Waals surface area contributed by atoms with E-state index in [1.807, 2.05) is 0 Å². The summed E-state index contributed by atoms with van der Waals surface area (Å²) in [5.74, 6) is -2.46. The number of aliphatic hydroxyl groups is 1. The molecule has 0 bridgehead atoms. The average molecular weight is 509 g/mol. The van der Waals surface area contributed by atoms with Crippen molar-refractivity contribution in [2.75, 3.05) is 6.61 Å². The Labute approximate surface area is 202 Å². The summed E-state index contributed by atoms with van der Waals surface area (Å²) in [6.45, 7) is 2.61. The number of nitrogens with zero attached hydrogens (tertiary/aromatic N) is 9. The molecule has 1 heterocycles.